The fraction of sp³-hybridized carbons (Fsp3) is 0.462. The van der Waals surface area contributed by atoms with Crippen LogP contribution in [0.25, 0.3) is 11.3 Å². The first kappa shape index (κ1) is 14.8. The van der Waals surface area contributed by atoms with Crippen LogP contribution >= 0.6 is 0 Å². The summed E-state index contributed by atoms with van der Waals surface area (Å²) in [7, 11) is 0. The first-order chi connectivity index (χ1) is 10.4. The van der Waals surface area contributed by atoms with E-state index < -0.39 is 11.7 Å². The smallest absolute Gasteiger partial charge is 0.381 e. The van der Waals surface area contributed by atoms with Crippen LogP contribution in [0.2, 0.25) is 0 Å². The van der Waals surface area contributed by atoms with E-state index in [0.29, 0.717) is 19.4 Å². The van der Waals surface area contributed by atoms with E-state index in [1.165, 1.54) is 6.20 Å². The van der Waals surface area contributed by atoms with Crippen LogP contribution in [0.5, 0.6) is 0 Å². The maximum atomic E-state index is 13.1. The van der Waals surface area contributed by atoms with Gasteiger partial charge in [-0.2, -0.15) is 18.3 Å². The third-order valence-electron chi connectivity index (χ3n) is 3.55. The molecule has 118 valence electrons. The SMILES string of the molecule is Nc1ncc(C(F)(F)F)c(-c2cnn(C3CCOCC3)c2)n1. The molecular formula is C13H14F3N5O. The molecule has 0 saturated carbocycles. The molecule has 2 aromatic rings. The molecule has 0 amide bonds. The Labute approximate surface area is 124 Å². The van der Waals surface area contributed by atoms with Crippen molar-refractivity contribution in [2.75, 3.05) is 18.9 Å². The van der Waals surface area contributed by atoms with Crippen molar-refractivity contribution in [2.45, 2.75) is 25.1 Å². The maximum Gasteiger partial charge on any atom is 0.419 e. The summed E-state index contributed by atoms with van der Waals surface area (Å²) in [6.45, 7) is 1.24. The van der Waals surface area contributed by atoms with E-state index in [1.807, 2.05) is 0 Å². The summed E-state index contributed by atoms with van der Waals surface area (Å²) in [4.78, 5) is 7.17. The molecule has 3 rings (SSSR count). The molecule has 6 nitrogen and oxygen atoms in total. The molecule has 0 atom stereocenters. The van der Waals surface area contributed by atoms with E-state index in [4.69, 9.17) is 10.5 Å². The van der Waals surface area contributed by atoms with Gasteiger partial charge in [-0.15, -0.1) is 0 Å². The van der Waals surface area contributed by atoms with Crippen LogP contribution < -0.4 is 5.73 Å². The highest BCUT2D eigenvalue weighted by Crippen LogP contribution is 2.36. The van der Waals surface area contributed by atoms with Gasteiger partial charge in [0.25, 0.3) is 0 Å². The van der Waals surface area contributed by atoms with Crippen molar-refractivity contribution in [1.29, 1.82) is 0 Å². The van der Waals surface area contributed by atoms with E-state index in [-0.39, 0.29) is 23.2 Å². The zero-order chi connectivity index (χ0) is 15.7. The highest BCUT2D eigenvalue weighted by atomic mass is 19.4. The monoisotopic (exact) mass is 313 g/mol. The highest BCUT2D eigenvalue weighted by Gasteiger charge is 2.35. The molecule has 1 aliphatic heterocycles. The Morgan fingerprint density at radius 2 is 1.95 bits per heavy atom. The second-order valence-electron chi connectivity index (χ2n) is 5.04. The zero-order valence-electron chi connectivity index (χ0n) is 11.5. The molecule has 0 unspecified atom stereocenters. The van der Waals surface area contributed by atoms with Crippen LogP contribution in [0.15, 0.2) is 18.6 Å². The van der Waals surface area contributed by atoms with Crippen molar-refractivity contribution in [3.63, 3.8) is 0 Å². The molecule has 0 radical (unpaired) electrons. The number of nitrogens with zero attached hydrogens (tertiary/aromatic N) is 4. The summed E-state index contributed by atoms with van der Waals surface area (Å²) in [5.41, 5.74) is 4.52. The fourth-order valence-corrected chi connectivity index (χ4v) is 2.43. The minimum atomic E-state index is -4.55. The number of nitrogens with two attached hydrogens (primary N) is 1. The van der Waals surface area contributed by atoms with E-state index in [9.17, 15) is 13.2 Å². The van der Waals surface area contributed by atoms with Gasteiger partial charge < -0.3 is 10.5 Å². The van der Waals surface area contributed by atoms with Crippen LogP contribution in [0.4, 0.5) is 19.1 Å². The Morgan fingerprint density at radius 1 is 1.23 bits per heavy atom. The maximum absolute atomic E-state index is 13.1. The third-order valence-corrected chi connectivity index (χ3v) is 3.55. The zero-order valence-corrected chi connectivity index (χ0v) is 11.5. The predicted molar refractivity (Wildman–Crippen MR) is 71.8 cm³/mol. The molecule has 0 aromatic carbocycles. The summed E-state index contributed by atoms with van der Waals surface area (Å²) in [6.07, 6.45) is 0.630. The molecule has 0 spiro atoms. The van der Waals surface area contributed by atoms with Crippen LogP contribution in [0.3, 0.4) is 0 Å². The number of aromatic nitrogens is 4. The summed E-state index contributed by atoms with van der Waals surface area (Å²) >= 11 is 0. The fourth-order valence-electron chi connectivity index (χ4n) is 2.43. The molecular weight excluding hydrogens is 299 g/mol. The van der Waals surface area contributed by atoms with Crippen LogP contribution in [-0.2, 0) is 10.9 Å². The number of hydrogen-bond donors (Lipinski definition) is 1. The number of alkyl halides is 3. The van der Waals surface area contributed by atoms with Gasteiger partial charge in [0.1, 0.15) is 5.56 Å². The highest BCUT2D eigenvalue weighted by molar-refractivity contribution is 5.63. The van der Waals surface area contributed by atoms with E-state index in [0.717, 1.165) is 12.8 Å². The largest absolute Gasteiger partial charge is 0.419 e. The van der Waals surface area contributed by atoms with Gasteiger partial charge in [-0.05, 0) is 12.8 Å². The average molecular weight is 313 g/mol. The number of ether oxygens (including phenoxy) is 1. The van der Waals surface area contributed by atoms with E-state index in [2.05, 4.69) is 15.1 Å². The summed E-state index contributed by atoms with van der Waals surface area (Å²) in [5.74, 6) is -0.207. The van der Waals surface area contributed by atoms with Crippen molar-refractivity contribution < 1.29 is 17.9 Å². The molecule has 1 aliphatic rings. The standard InChI is InChI=1S/C13H14F3N5O/c14-13(15,16)10-6-18-12(17)20-11(10)8-5-19-21(7-8)9-1-3-22-4-2-9/h5-7,9H,1-4H2,(H2,17,18,20). The van der Waals surface area contributed by atoms with E-state index >= 15 is 0 Å². The van der Waals surface area contributed by atoms with Gasteiger partial charge in [-0.1, -0.05) is 0 Å². The number of anilines is 1. The molecule has 2 N–H and O–H groups in total. The summed E-state index contributed by atoms with van der Waals surface area (Å²) in [6, 6.07) is 0.121. The van der Waals surface area contributed by atoms with Crippen molar-refractivity contribution in [1.82, 2.24) is 19.7 Å². The number of hydrogen-bond acceptors (Lipinski definition) is 5. The Hall–Kier alpha value is -2.16. The van der Waals surface area contributed by atoms with Crippen molar-refractivity contribution in [3.8, 4) is 11.3 Å². The first-order valence-corrected chi connectivity index (χ1v) is 6.77. The van der Waals surface area contributed by atoms with Crippen molar-refractivity contribution in [2.24, 2.45) is 0 Å². The van der Waals surface area contributed by atoms with Gasteiger partial charge in [0.05, 0.1) is 17.9 Å². The van der Waals surface area contributed by atoms with Crippen LogP contribution in [0, 0.1) is 0 Å². The van der Waals surface area contributed by atoms with E-state index in [1.54, 1.807) is 10.9 Å². The quantitative estimate of drug-likeness (QED) is 0.920. The van der Waals surface area contributed by atoms with Gasteiger partial charge in [0.2, 0.25) is 5.95 Å². The Balaban J connectivity index is 1.97. The summed E-state index contributed by atoms with van der Waals surface area (Å²) < 4.78 is 46.1. The summed E-state index contributed by atoms with van der Waals surface area (Å²) in [5, 5.41) is 4.16. The lowest BCUT2D eigenvalue weighted by Crippen LogP contribution is -2.19. The Bertz CT molecular complexity index is 664. The number of halogens is 3. The molecule has 1 fully saturated rings. The minimum absolute atomic E-state index is 0.121. The predicted octanol–water partition coefficient (Wildman–Crippen LogP) is 2.29. The van der Waals surface area contributed by atoms with Crippen LogP contribution in [0.1, 0.15) is 24.4 Å². The first-order valence-electron chi connectivity index (χ1n) is 6.77. The topological polar surface area (TPSA) is 78.8 Å². The third kappa shape index (κ3) is 2.89. The van der Waals surface area contributed by atoms with Gasteiger partial charge >= 0.3 is 6.18 Å². The Morgan fingerprint density at radius 3 is 2.64 bits per heavy atom. The second-order valence-corrected chi connectivity index (χ2v) is 5.04. The molecule has 22 heavy (non-hydrogen) atoms. The Kier molecular flexibility index (Phi) is 3.73. The molecule has 3 heterocycles. The lowest BCUT2D eigenvalue weighted by atomic mass is 10.1. The number of nitrogen functional groups attached to an aromatic ring is 1. The molecule has 2 aromatic heterocycles. The molecule has 1 saturated heterocycles. The molecule has 9 heteroatoms. The normalized spacial score (nSPS) is 16.9. The lowest BCUT2D eigenvalue weighted by Gasteiger charge is -2.22. The van der Waals surface area contributed by atoms with Gasteiger partial charge in [0.15, 0.2) is 0 Å². The van der Waals surface area contributed by atoms with Crippen LogP contribution in [-0.4, -0.2) is 33.0 Å². The average Bonchev–Trinajstić information content (AvgIpc) is 2.96. The van der Waals surface area contributed by atoms with Crippen molar-refractivity contribution >= 4 is 5.95 Å². The van der Waals surface area contributed by atoms with Crippen molar-refractivity contribution in [3.05, 3.63) is 24.2 Å². The number of rotatable bonds is 2. The van der Waals surface area contributed by atoms with Gasteiger partial charge in [-0.3, -0.25) is 4.68 Å². The van der Waals surface area contributed by atoms with Gasteiger partial charge in [-0.25, -0.2) is 9.97 Å². The lowest BCUT2D eigenvalue weighted by molar-refractivity contribution is -0.137. The molecule has 0 bridgehead atoms. The molecule has 0 aliphatic carbocycles. The second kappa shape index (κ2) is 5.56. The minimum Gasteiger partial charge on any atom is -0.381 e. The van der Waals surface area contributed by atoms with Gasteiger partial charge in [0, 0.05) is 31.2 Å².